The summed E-state index contributed by atoms with van der Waals surface area (Å²) in [7, 11) is 0. The molecule has 1 aromatic rings. The van der Waals surface area contributed by atoms with Gasteiger partial charge in [-0.2, -0.15) is 0 Å². The van der Waals surface area contributed by atoms with Crippen molar-refractivity contribution >= 4 is 30.3 Å². The van der Waals surface area contributed by atoms with Gasteiger partial charge in [-0.1, -0.05) is 12.1 Å². The molecule has 0 aliphatic carbocycles. The molecule has 4 amide bonds. The number of nitrogens with one attached hydrogen (secondary N) is 2. The van der Waals surface area contributed by atoms with Gasteiger partial charge in [-0.25, -0.2) is 4.79 Å². The van der Waals surface area contributed by atoms with Crippen molar-refractivity contribution in [2.45, 2.75) is 19.5 Å². The van der Waals surface area contributed by atoms with E-state index in [0.717, 1.165) is 23.6 Å². The first-order valence-electron chi connectivity index (χ1n) is 7.75. The SMILES string of the molecule is C[C@@H]1CNCCN1C(=O)c1cccc(CN2C(=O)CNC2=O)c1.Cl. The Bertz CT molecular complexity index is 636. The number of piperazine rings is 1. The number of imide groups is 1. The Kier molecular flexibility index (Phi) is 5.80. The van der Waals surface area contributed by atoms with E-state index in [4.69, 9.17) is 0 Å². The minimum Gasteiger partial charge on any atom is -0.333 e. The van der Waals surface area contributed by atoms with E-state index in [1.165, 1.54) is 0 Å². The predicted molar refractivity (Wildman–Crippen MR) is 91.0 cm³/mol. The van der Waals surface area contributed by atoms with Crippen LogP contribution in [0.3, 0.4) is 0 Å². The van der Waals surface area contributed by atoms with Crippen LogP contribution in [0.1, 0.15) is 22.8 Å². The molecule has 2 aliphatic rings. The number of carbonyl (C=O) groups is 3. The third-order valence-corrected chi connectivity index (χ3v) is 4.21. The van der Waals surface area contributed by atoms with Crippen LogP contribution in [0.2, 0.25) is 0 Å². The smallest absolute Gasteiger partial charge is 0.324 e. The van der Waals surface area contributed by atoms with Crippen molar-refractivity contribution in [2.75, 3.05) is 26.2 Å². The second-order valence-corrected chi connectivity index (χ2v) is 5.89. The molecule has 2 N–H and O–H groups in total. The summed E-state index contributed by atoms with van der Waals surface area (Å²) >= 11 is 0. The van der Waals surface area contributed by atoms with Crippen LogP contribution >= 0.6 is 12.4 Å². The van der Waals surface area contributed by atoms with E-state index in [1.54, 1.807) is 18.2 Å². The maximum atomic E-state index is 12.7. The summed E-state index contributed by atoms with van der Waals surface area (Å²) in [5.74, 6) is -0.263. The van der Waals surface area contributed by atoms with E-state index >= 15 is 0 Å². The molecule has 2 fully saturated rings. The van der Waals surface area contributed by atoms with Crippen molar-refractivity contribution in [1.29, 1.82) is 0 Å². The van der Waals surface area contributed by atoms with E-state index < -0.39 is 0 Å². The Hall–Kier alpha value is -2.12. The van der Waals surface area contributed by atoms with Gasteiger partial charge in [0.25, 0.3) is 5.91 Å². The molecule has 0 aromatic heterocycles. The zero-order chi connectivity index (χ0) is 16.4. The van der Waals surface area contributed by atoms with Gasteiger partial charge in [0, 0.05) is 31.2 Å². The topological polar surface area (TPSA) is 81.8 Å². The highest BCUT2D eigenvalue weighted by molar-refractivity contribution is 6.02. The van der Waals surface area contributed by atoms with Gasteiger partial charge in [-0.15, -0.1) is 12.4 Å². The molecule has 0 radical (unpaired) electrons. The normalized spacial score (nSPS) is 20.6. The lowest BCUT2D eigenvalue weighted by Gasteiger charge is -2.34. The van der Waals surface area contributed by atoms with Crippen molar-refractivity contribution in [2.24, 2.45) is 0 Å². The van der Waals surface area contributed by atoms with E-state index in [-0.39, 0.29) is 49.4 Å². The average Bonchev–Trinajstić information content (AvgIpc) is 2.87. The second-order valence-electron chi connectivity index (χ2n) is 5.89. The van der Waals surface area contributed by atoms with Crippen LogP contribution in [0.5, 0.6) is 0 Å². The predicted octanol–water partition coefficient (Wildman–Crippen LogP) is 0.594. The Morgan fingerprint density at radius 3 is 2.79 bits per heavy atom. The summed E-state index contributed by atoms with van der Waals surface area (Å²) in [5, 5.41) is 5.75. The number of benzene rings is 1. The van der Waals surface area contributed by atoms with E-state index in [0.29, 0.717) is 12.1 Å². The van der Waals surface area contributed by atoms with Gasteiger partial charge in [0.15, 0.2) is 0 Å². The molecule has 0 unspecified atom stereocenters. The highest BCUT2D eigenvalue weighted by atomic mass is 35.5. The van der Waals surface area contributed by atoms with Gasteiger partial charge in [0.2, 0.25) is 5.91 Å². The van der Waals surface area contributed by atoms with Crippen LogP contribution in [0.25, 0.3) is 0 Å². The molecular formula is C16H21ClN4O3. The average molecular weight is 353 g/mol. The number of urea groups is 1. The Labute approximate surface area is 146 Å². The van der Waals surface area contributed by atoms with E-state index in [9.17, 15) is 14.4 Å². The van der Waals surface area contributed by atoms with Crippen molar-refractivity contribution in [1.82, 2.24) is 20.4 Å². The van der Waals surface area contributed by atoms with Gasteiger partial charge in [-0.05, 0) is 24.6 Å². The van der Waals surface area contributed by atoms with Gasteiger partial charge in [0.05, 0.1) is 13.1 Å². The number of hydrogen-bond donors (Lipinski definition) is 2. The monoisotopic (exact) mass is 352 g/mol. The first-order chi connectivity index (χ1) is 11.1. The first kappa shape index (κ1) is 18.2. The number of hydrogen-bond acceptors (Lipinski definition) is 4. The highest BCUT2D eigenvalue weighted by Gasteiger charge is 2.29. The molecule has 130 valence electrons. The van der Waals surface area contributed by atoms with Crippen molar-refractivity contribution in [3.8, 4) is 0 Å². The van der Waals surface area contributed by atoms with Crippen LogP contribution in [0.4, 0.5) is 4.79 Å². The molecule has 0 saturated carbocycles. The van der Waals surface area contributed by atoms with Gasteiger partial charge < -0.3 is 15.5 Å². The zero-order valence-corrected chi connectivity index (χ0v) is 14.3. The molecule has 2 heterocycles. The molecular weight excluding hydrogens is 332 g/mol. The summed E-state index contributed by atoms with van der Waals surface area (Å²) < 4.78 is 0. The van der Waals surface area contributed by atoms with Crippen LogP contribution in [-0.2, 0) is 11.3 Å². The van der Waals surface area contributed by atoms with Crippen LogP contribution < -0.4 is 10.6 Å². The number of carbonyl (C=O) groups excluding carboxylic acids is 3. The van der Waals surface area contributed by atoms with Crippen LogP contribution in [-0.4, -0.2) is 59.9 Å². The molecule has 7 nitrogen and oxygen atoms in total. The van der Waals surface area contributed by atoms with Crippen molar-refractivity contribution in [3.05, 3.63) is 35.4 Å². The lowest BCUT2D eigenvalue weighted by Crippen LogP contribution is -2.52. The fourth-order valence-corrected chi connectivity index (χ4v) is 2.91. The molecule has 1 aromatic carbocycles. The minimum absolute atomic E-state index is 0. The molecule has 0 spiro atoms. The molecule has 1 atom stereocenters. The maximum Gasteiger partial charge on any atom is 0.324 e. The maximum absolute atomic E-state index is 12.7. The number of rotatable bonds is 3. The third kappa shape index (κ3) is 3.68. The highest BCUT2D eigenvalue weighted by Crippen LogP contribution is 2.15. The van der Waals surface area contributed by atoms with Gasteiger partial charge in [0.1, 0.15) is 0 Å². The molecule has 3 rings (SSSR count). The summed E-state index contributed by atoms with van der Waals surface area (Å²) in [5.41, 5.74) is 1.35. The number of halogens is 1. The summed E-state index contributed by atoms with van der Waals surface area (Å²) in [4.78, 5) is 38.9. The molecule has 2 saturated heterocycles. The quantitative estimate of drug-likeness (QED) is 0.780. The van der Waals surface area contributed by atoms with Crippen molar-refractivity contribution in [3.63, 3.8) is 0 Å². The largest absolute Gasteiger partial charge is 0.333 e. The fraction of sp³-hybridized carbons (Fsp3) is 0.438. The van der Waals surface area contributed by atoms with E-state index in [1.807, 2.05) is 17.9 Å². The molecule has 0 bridgehead atoms. The first-order valence-corrected chi connectivity index (χ1v) is 7.75. The summed E-state index contributed by atoms with van der Waals surface area (Å²) in [6.07, 6.45) is 0. The number of amides is 4. The van der Waals surface area contributed by atoms with Crippen molar-refractivity contribution < 1.29 is 14.4 Å². The van der Waals surface area contributed by atoms with Crippen LogP contribution in [0.15, 0.2) is 24.3 Å². The zero-order valence-electron chi connectivity index (χ0n) is 13.4. The Morgan fingerprint density at radius 2 is 2.12 bits per heavy atom. The number of nitrogens with zero attached hydrogens (tertiary/aromatic N) is 2. The molecule has 24 heavy (non-hydrogen) atoms. The standard InChI is InChI=1S/C16H20N4O3.ClH/c1-11-8-17-5-6-19(11)15(22)13-4-2-3-12(7-13)10-20-14(21)9-18-16(20)23;/h2-4,7,11,17H,5-6,8-10H2,1H3,(H,18,23);1H/t11-;/m1./s1. The third-order valence-electron chi connectivity index (χ3n) is 4.21. The Morgan fingerprint density at radius 1 is 1.33 bits per heavy atom. The molecule has 2 aliphatic heterocycles. The van der Waals surface area contributed by atoms with Crippen LogP contribution in [0, 0.1) is 0 Å². The van der Waals surface area contributed by atoms with E-state index in [2.05, 4.69) is 10.6 Å². The lowest BCUT2D eigenvalue weighted by atomic mass is 10.1. The van der Waals surface area contributed by atoms with Gasteiger partial charge >= 0.3 is 6.03 Å². The van der Waals surface area contributed by atoms with Gasteiger partial charge in [-0.3, -0.25) is 14.5 Å². The lowest BCUT2D eigenvalue weighted by molar-refractivity contribution is -0.125. The molecule has 8 heteroatoms. The summed E-state index contributed by atoms with van der Waals surface area (Å²) in [6.45, 7) is 4.49. The minimum atomic E-state index is -0.387. The summed E-state index contributed by atoms with van der Waals surface area (Å²) in [6, 6.07) is 6.89. The fourth-order valence-electron chi connectivity index (χ4n) is 2.91. The second kappa shape index (κ2) is 7.63. The Balaban J connectivity index is 0.00000208.